The Balaban J connectivity index is 1.55. The van der Waals surface area contributed by atoms with Crippen LogP contribution >= 0.6 is 0 Å². The van der Waals surface area contributed by atoms with Crippen LogP contribution in [0.15, 0.2) is 30.5 Å². The molecule has 2 N–H and O–H groups in total. The van der Waals surface area contributed by atoms with Crippen LogP contribution in [0.25, 0.3) is 0 Å². The van der Waals surface area contributed by atoms with E-state index in [1.54, 1.807) is 12.1 Å². The Kier molecular flexibility index (Phi) is 4.13. The van der Waals surface area contributed by atoms with Gasteiger partial charge in [-0.05, 0) is 25.5 Å². The zero-order valence-electron chi connectivity index (χ0n) is 12.6. The molecule has 2 aromatic rings. The molecule has 0 spiro atoms. The maximum atomic E-state index is 13.1. The molecule has 1 aromatic carbocycles. The van der Waals surface area contributed by atoms with Gasteiger partial charge in [0.1, 0.15) is 23.8 Å². The first-order valence-electron chi connectivity index (χ1n) is 7.36. The van der Waals surface area contributed by atoms with E-state index in [0.717, 1.165) is 24.3 Å². The van der Waals surface area contributed by atoms with Crippen LogP contribution in [0.1, 0.15) is 17.7 Å². The fraction of sp³-hybridized carbons (Fsp3) is 0.438. The number of hydrogen-bond acceptors (Lipinski definition) is 4. The van der Waals surface area contributed by atoms with Crippen molar-refractivity contribution in [1.29, 1.82) is 0 Å². The van der Waals surface area contributed by atoms with Gasteiger partial charge in [-0.3, -0.25) is 10.00 Å². The summed E-state index contributed by atoms with van der Waals surface area (Å²) < 4.78 is 18.7. The van der Waals surface area contributed by atoms with Gasteiger partial charge in [0.05, 0.1) is 6.20 Å². The van der Waals surface area contributed by atoms with Crippen molar-refractivity contribution in [2.75, 3.05) is 19.7 Å². The average Bonchev–Trinajstić information content (AvgIpc) is 3.05. The number of nitrogens with zero attached hydrogens (tertiary/aromatic N) is 2. The SMILES string of the molecule is Cc1[nH]ncc1CN1CC[C@](O)(COc2cccc(F)c2)C1. The number of aromatic nitrogens is 2. The molecule has 0 unspecified atom stereocenters. The highest BCUT2D eigenvalue weighted by Gasteiger charge is 2.37. The Morgan fingerprint density at radius 2 is 2.36 bits per heavy atom. The standard InChI is InChI=1S/C16H20FN3O2/c1-12-13(8-18-19-12)9-20-6-5-16(21,10-20)11-22-15-4-2-3-14(17)7-15/h2-4,7-8,21H,5-6,9-11H2,1H3,(H,18,19)/t16-/m1/s1. The third-order valence-corrected chi connectivity index (χ3v) is 4.04. The molecule has 1 atom stereocenters. The largest absolute Gasteiger partial charge is 0.490 e. The van der Waals surface area contributed by atoms with E-state index >= 15 is 0 Å². The van der Waals surface area contributed by atoms with Crippen LogP contribution in [0.2, 0.25) is 0 Å². The van der Waals surface area contributed by atoms with Gasteiger partial charge in [-0.25, -0.2) is 4.39 Å². The predicted octanol–water partition coefficient (Wildman–Crippen LogP) is 1.87. The number of halogens is 1. The molecule has 5 nitrogen and oxygen atoms in total. The van der Waals surface area contributed by atoms with Crippen molar-refractivity contribution in [3.8, 4) is 5.75 Å². The number of aromatic amines is 1. The summed E-state index contributed by atoms with van der Waals surface area (Å²) in [5, 5.41) is 17.5. The number of benzene rings is 1. The highest BCUT2D eigenvalue weighted by molar-refractivity contribution is 5.22. The number of ether oxygens (including phenoxy) is 1. The minimum absolute atomic E-state index is 0.164. The Morgan fingerprint density at radius 1 is 1.50 bits per heavy atom. The van der Waals surface area contributed by atoms with Gasteiger partial charge >= 0.3 is 0 Å². The van der Waals surface area contributed by atoms with E-state index in [1.807, 2.05) is 13.1 Å². The Labute approximate surface area is 128 Å². The highest BCUT2D eigenvalue weighted by Crippen LogP contribution is 2.25. The second kappa shape index (κ2) is 6.06. The molecule has 0 radical (unpaired) electrons. The zero-order chi connectivity index (χ0) is 15.6. The zero-order valence-corrected chi connectivity index (χ0v) is 12.6. The molecule has 3 rings (SSSR count). The van der Waals surface area contributed by atoms with Crippen molar-refractivity contribution in [3.05, 3.63) is 47.5 Å². The van der Waals surface area contributed by atoms with Crippen molar-refractivity contribution in [3.63, 3.8) is 0 Å². The summed E-state index contributed by atoms with van der Waals surface area (Å²) in [6.45, 7) is 4.24. The maximum absolute atomic E-state index is 13.1. The van der Waals surface area contributed by atoms with Gasteiger partial charge in [-0.15, -0.1) is 0 Å². The number of rotatable bonds is 5. The van der Waals surface area contributed by atoms with E-state index < -0.39 is 5.60 Å². The molecule has 1 aliphatic heterocycles. The van der Waals surface area contributed by atoms with Gasteiger partial charge in [0.25, 0.3) is 0 Å². The molecule has 118 valence electrons. The number of β-amino-alcohol motifs (C(OH)–C–C–N with tert-alkyl or cyclic N) is 1. The average molecular weight is 305 g/mol. The first kappa shape index (κ1) is 15.0. The number of aliphatic hydroxyl groups is 1. The predicted molar refractivity (Wildman–Crippen MR) is 80.1 cm³/mol. The van der Waals surface area contributed by atoms with E-state index in [-0.39, 0.29) is 12.4 Å². The minimum Gasteiger partial charge on any atom is -0.490 e. The molecular weight excluding hydrogens is 285 g/mol. The lowest BCUT2D eigenvalue weighted by molar-refractivity contribution is 0.00328. The lowest BCUT2D eigenvalue weighted by Gasteiger charge is -2.23. The first-order valence-corrected chi connectivity index (χ1v) is 7.36. The molecule has 0 amide bonds. The number of aryl methyl sites for hydroxylation is 1. The molecule has 1 saturated heterocycles. The normalized spacial score (nSPS) is 22.1. The van der Waals surface area contributed by atoms with Gasteiger partial charge in [-0.2, -0.15) is 5.10 Å². The fourth-order valence-corrected chi connectivity index (χ4v) is 2.74. The van der Waals surface area contributed by atoms with Crippen molar-refractivity contribution in [2.45, 2.75) is 25.5 Å². The molecule has 6 heteroatoms. The van der Waals surface area contributed by atoms with Gasteiger partial charge in [0.15, 0.2) is 0 Å². The van der Waals surface area contributed by atoms with Crippen molar-refractivity contribution in [2.24, 2.45) is 0 Å². The summed E-state index contributed by atoms with van der Waals surface area (Å²) in [6, 6.07) is 5.97. The molecule has 22 heavy (non-hydrogen) atoms. The topological polar surface area (TPSA) is 61.4 Å². The van der Waals surface area contributed by atoms with Crippen LogP contribution in [-0.4, -0.2) is 45.5 Å². The summed E-state index contributed by atoms with van der Waals surface area (Å²) in [7, 11) is 0. The molecule has 0 aliphatic carbocycles. The van der Waals surface area contributed by atoms with Crippen LogP contribution in [0, 0.1) is 12.7 Å². The van der Waals surface area contributed by atoms with Gasteiger partial charge in [0, 0.05) is 37.0 Å². The first-order chi connectivity index (χ1) is 10.5. The molecule has 1 aliphatic rings. The van der Waals surface area contributed by atoms with Crippen LogP contribution < -0.4 is 4.74 Å². The molecule has 2 heterocycles. The Morgan fingerprint density at radius 3 is 3.09 bits per heavy atom. The second-order valence-corrected chi connectivity index (χ2v) is 5.95. The molecule has 1 aromatic heterocycles. The van der Waals surface area contributed by atoms with Crippen molar-refractivity contribution >= 4 is 0 Å². The highest BCUT2D eigenvalue weighted by atomic mass is 19.1. The van der Waals surface area contributed by atoms with E-state index in [9.17, 15) is 9.50 Å². The van der Waals surface area contributed by atoms with E-state index in [2.05, 4.69) is 15.1 Å². The third kappa shape index (κ3) is 3.45. The van der Waals surface area contributed by atoms with Crippen molar-refractivity contribution < 1.29 is 14.2 Å². The minimum atomic E-state index is -0.899. The fourth-order valence-electron chi connectivity index (χ4n) is 2.74. The maximum Gasteiger partial charge on any atom is 0.126 e. The van der Waals surface area contributed by atoms with Crippen LogP contribution in [-0.2, 0) is 6.54 Å². The summed E-state index contributed by atoms with van der Waals surface area (Å²) in [4.78, 5) is 2.17. The smallest absolute Gasteiger partial charge is 0.126 e. The van der Waals surface area contributed by atoms with Crippen LogP contribution in [0.5, 0.6) is 5.75 Å². The van der Waals surface area contributed by atoms with Gasteiger partial charge in [-0.1, -0.05) is 6.07 Å². The second-order valence-electron chi connectivity index (χ2n) is 5.95. The number of hydrogen-bond donors (Lipinski definition) is 2. The monoisotopic (exact) mass is 305 g/mol. The van der Waals surface area contributed by atoms with Crippen LogP contribution in [0.4, 0.5) is 4.39 Å². The molecular formula is C16H20FN3O2. The lowest BCUT2D eigenvalue weighted by atomic mass is 10.1. The van der Waals surface area contributed by atoms with Crippen molar-refractivity contribution in [1.82, 2.24) is 15.1 Å². The summed E-state index contributed by atoms with van der Waals surface area (Å²) in [6.07, 6.45) is 2.45. The molecule has 0 saturated carbocycles. The number of H-pyrrole nitrogens is 1. The third-order valence-electron chi connectivity index (χ3n) is 4.04. The number of nitrogens with one attached hydrogen (secondary N) is 1. The molecule has 0 bridgehead atoms. The number of likely N-dealkylation sites (tertiary alicyclic amines) is 1. The molecule has 1 fully saturated rings. The lowest BCUT2D eigenvalue weighted by Crippen LogP contribution is -2.39. The summed E-state index contributed by atoms with van der Waals surface area (Å²) in [5.41, 5.74) is 1.28. The van der Waals surface area contributed by atoms with E-state index in [4.69, 9.17) is 4.74 Å². The van der Waals surface area contributed by atoms with Gasteiger partial charge < -0.3 is 9.84 Å². The Hall–Kier alpha value is -1.92. The van der Waals surface area contributed by atoms with E-state index in [1.165, 1.54) is 12.1 Å². The summed E-state index contributed by atoms with van der Waals surface area (Å²) >= 11 is 0. The summed E-state index contributed by atoms with van der Waals surface area (Å²) in [5.74, 6) is 0.102. The van der Waals surface area contributed by atoms with Crippen LogP contribution in [0.3, 0.4) is 0 Å². The van der Waals surface area contributed by atoms with E-state index in [0.29, 0.717) is 18.7 Å². The Bertz CT molecular complexity index is 646. The quantitative estimate of drug-likeness (QED) is 0.885. The van der Waals surface area contributed by atoms with Gasteiger partial charge in [0.2, 0.25) is 0 Å².